The number of ether oxygens (including phenoxy) is 1. The van der Waals surface area contributed by atoms with E-state index < -0.39 is 11.9 Å². The van der Waals surface area contributed by atoms with Crippen molar-refractivity contribution in [2.24, 2.45) is 11.8 Å². The van der Waals surface area contributed by atoms with Crippen molar-refractivity contribution in [1.29, 1.82) is 0 Å². The van der Waals surface area contributed by atoms with Gasteiger partial charge in [0.1, 0.15) is 12.4 Å². The van der Waals surface area contributed by atoms with Crippen molar-refractivity contribution in [3.63, 3.8) is 0 Å². The average Bonchev–Trinajstić information content (AvgIpc) is 3.76. The number of halogens is 2. The van der Waals surface area contributed by atoms with E-state index in [0.29, 0.717) is 34.5 Å². The lowest BCUT2D eigenvalue weighted by Crippen LogP contribution is -2.36. The second-order valence-corrected chi connectivity index (χ2v) is 11.9. The molecule has 11 nitrogen and oxygen atoms in total. The Morgan fingerprint density at radius 2 is 1.87 bits per heavy atom. The largest absolute Gasteiger partial charge is 0.618 e. The monoisotopic (exact) mass is 630 g/mol. The highest BCUT2D eigenvalue weighted by Crippen LogP contribution is 2.37. The Hall–Kier alpha value is -4.84. The second-order valence-electron chi connectivity index (χ2n) is 11.5. The first-order chi connectivity index (χ1) is 21.8. The molecule has 1 amide bonds. The van der Waals surface area contributed by atoms with Crippen LogP contribution in [0, 0.1) is 22.9 Å². The summed E-state index contributed by atoms with van der Waals surface area (Å²) in [6.45, 7) is 2.28. The first-order valence-electron chi connectivity index (χ1n) is 14.7. The standard InChI is InChI=1S/C32H32ClFN8O3/c1-20-3-5-21(6-4-20)15-29(40-17-24(16-36-40)22-7-10-25(11-8-22)37-32(43)45-2)27-13-9-23(18-42(27)44)30-28(41-19-35-38-39-41)14-12-26(33)31(30)34/h7-14,16-21,29H,3-6,15H2,1-2H3,(H,37,43). The van der Waals surface area contributed by atoms with Crippen LogP contribution in [-0.2, 0) is 4.74 Å². The molecule has 45 heavy (non-hydrogen) atoms. The molecule has 0 radical (unpaired) electrons. The van der Waals surface area contributed by atoms with Crippen LogP contribution in [0.2, 0.25) is 5.02 Å². The molecule has 0 aliphatic heterocycles. The second kappa shape index (κ2) is 13.0. The van der Waals surface area contributed by atoms with Gasteiger partial charge in [-0.25, -0.2) is 9.18 Å². The van der Waals surface area contributed by atoms with Crippen molar-refractivity contribution >= 4 is 23.4 Å². The Bertz CT molecular complexity index is 1790. The fourth-order valence-electron chi connectivity index (χ4n) is 5.99. The summed E-state index contributed by atoms with van der Waals surface area (Å²) in [6, 6.07) is 13.5. The van der Waals surface area contributed by atoms with Crippen LogP contribution in [0.5, 0.6) is 0 Å². The van der Waals surface area contributed by atoms with Gasteiger partial charge in [-0.15, -0.1) is 5.10 Å². The Kier molecular flexibility index (Phi) is 8.74. The maximum Gasteiger partial charge on any atom is 0.411 e. The molecule has 3 aromatic heterocycles. The van der Waals surface area contributed by atoms with Crippen LogP contribution in [0.25, 0.3) is 27.9 Å². The number of hydrogen-bond acceptors (Lipinski definition) is 7. The summed E-state index contributed by atoms with van der Waals surface area (Å²) in [7, 11) is 1.31. The van der Waals surface area contributed by atoms with E-state index in [1.54, 1.807) is 36.5 Å². The Labute approximate surface area is 264 Å². The molecule has 1 aliphatic carbocycles. The molecular weight excluding hydrogens is 599 g/mol. The third kappa shape index (κ3) is 6.51. The molecule has 1 fully saturated rings. The number of nitrogens with one attached hydrogen (secondary N) is 1. The molecule has 0 bridgehead atoms. The zero-order chi connectivity index (χ0) is 31.5. The number of rotatable bonds is 8. The lowest BCUT2D eigenvalue weighted by molar-refractivity contribution is -0.615. The Morgan fingerprint density at radius 3 is 2.56 bits per heavy atom. The van der Waals surface area contributed by atoms with Crippen LogP contribution < -0.4 is 10.0 Å². The van der Waals surface area contributed by atoms with Crippen LogP contribution in [0.4, 0.5) is 14.9 Å². The van der Waals surface area contributed by atoms with E-state index in [2.05, 4.69) is 32.5 Å². The summed E-state index contributed by atoms with van der Waals surface area (Å²) in [6.07, 6.45) is 11.1. The molecule has 1 saturated carbocycles. The third-order valence-electron chi connectivity index (χ3n) is 8.51. The summed E-state index contributed by atoms with van der Waals surface area (Å²) >= 11 is 6.15. The fraction of sp³-hybridized carbons (Fsp3) is 0.312. The molecule has 2 aromatic carbocycles. The highest BCUT2D eigenvalue weighted by Gasteiger charge is 2.30. The molecule has 0 spiro atoms. The summed E-state index contributed by atoms with van der Waals surface area (Å²) in [5, 5.41) is 32.2. The number of hydrogen-bond donors (Lipinski definition) is 1. The van der Waals surface area contributed by atoms with Crippen molar-refractivity contribution in [2.75, 3.05) is 12.4 Å². The quantitative estimate of drug-likeness (QED) is 0.151. The lowest BCUT2D eigenvalue weighted by atomic mass is 9.79. The van der Waals surface area contributed by atoms with Gasteiger partial charge >= 0.3 is 6.09 Å². The van der Waals surface area contributed by atoms with Crippen molar-refractivity contribution in [3.8, 4) is 27.9 Å². The molecular formula is C32H32ClFN8O3. The molecule has 1 unspecified atom stereocenters. The van der Waals surface area contributed by atoms with Crippen molar-refractivity contribution in [1.82, 2.24) is 30.0 Å². The number of nitrogens with zero attached hydrogens (tertiary/aromatic N) is 7. The average molecular weight is 631 g/mol. The number of anilines is 1. The summed E-state index contributed by atoms with van der Waals surface area (Å²) < 4.78 is 24.1. The Balaban J connectivity index is 1.35. The number of carbonyl (C=O) groups is 1. The zero-order valence-corrected chi connectivity index (χ0v) is 25.6. The molecule has 1 aliphatic rings. The topological polar surface area (TPSA) is 127 Å². The molecule has 5 aromatic rings. The van der Waals surface area contributed by atoms with Gasteiger partial charge in [0.05, 0.1) is 35.1 Å². The van der Waals surface area contributed by atoms with Crippen LogP contribution >= 0.6 is 11.6 Å². The number of carbonyl (C=O) groups excluding carboxylic acids is 1. The molecule has 6 rings (SSSR count). The number of benzene rings is 2. The lowest BCUT2D eigenvalue weighted by Gasteiger charge is -2.29. The number of aromatic nitrogens is 7. The molecule has 13 heteroatoms. The molecule has 1 atom stereocenters. The van der Waals surface area contributed by atoms with Crippen LogP contribution in [0.1, 0.15) is 50.8 Å². The van der Waals surface area contributed by atoms with Crippen LogP contribution in [0.15, 0.2) is 73.4 Å². The van der Waals surface area contributed by atoms with Gasteiger partial charge in [0, 0.05) is 23.5 Å². The van der Waals surface area contributed by atoms with E-state index >= 15 is 4.39 Å². The Morgan fingerprint density at radius 1 is 1.11 bits per heavy atom. The van der Waals surface area contributed by atoms with E-state index in [1.807, 2.05) is 23.0 Å². The minimum Gasteiger partial charge on any atom is -0.618 e. The smallest absolute Gasteiger partial charge is 0.411 e. The zero-order valence-electron chi connectivity index (χ0n) is 24.8. The molecule has 232 valence electrons. The van der Waals surface area contributed by atoms with E-state index in [0.717, 1.165) is 48.0 Å². The van der Waals surface area contributed by atoms with Crippen LogP contribution in [-0.4, -0.2) is 43.2 Å². The van der Waals surface area contributed by atoms with E-state index in [-0.39, 0.29) is 16.6 Å². The van der Waals surface area contributed by atoms with Gasteiger partial charge in [-0.05, 0) is 64.6 Å². The molecule has 1 N–H and O–H groups in total. The van der Waals surface area contributed by atoms with Gasteiger partial charge in [0.25, 0.3) is 0 Å². The number of methoxy groups -OCH3 is 1. The minimum absolute atomic E-state index is 0.0778. The summed E-state index contributed by atoms with van der Waals surface area (Å²) in [5.41, 5.74) is 3.68. The van der Waals surface area contributed by atoms with E-state index in [4.69, 9.17) is 16.7 Å². The maximum absolute atomic E-state index is 15.4. The summed E-state index contributed by atoms with van der Waals surface area (Å²) in [5.74, 6) is 0.451. The van der Waals surface area contributed by atoms with Gasteiger partial charge in [-0.1, -0.05) is 56.3 Å². The third-order valence-corrected chi connectivity index (χ3v) is 8.80. The van der Waals surface area contributed by atoms with Crippen LogP contribution in [0.3, 0.4) is 0 Å². The maximum atomic E-state index is 15.4. The predicted molar refractivity (Wildman–Crippen MR) is 166 cm³/mol. The van der Waals surface area contributed by atoms with Gasteiger partial charge in [0.2, 0.25) is 5.69 Å². The van der Waals surface area contributed by atoms with Gasteiger partial charge in [-0.2, -0.15) is 14.5 Å². The number of pyridine rings is 1. The number of tetrazole rings is 1. The normalized spacial score (nSPS) is 17.2. The van der Waals surface area contributed by atoms with Crippen molar-refractivity contribution in [3.05, 3.63) is 95.2 Å². The SMILES string of the molecule is COC(=O)Nc1ccc(-c2cnn(C(CC3CCC(C)CC3)c3ccc(-c4c(-n5cnnn5)ccc(Cl)c4F)c[n+]3[O-])c2)cc1. The first-order valence-corrected chi connectivity index (χ1v) is 15.1. The van der Waals surface area contributed by atoms with E-state index in [1.165, 1.54) is 30.4 Å². The number of amides is 1. The van der Waals surface area contributed by atoms with Gasteiger partial charge in [-0.3, -0.25) is 10.00 Å². The van der Waals surface area contributed by atoms with Crippen molar-refractivity contribution in [2.45, 2.75) is 45.1 Å². The predicted octanol–water partition coefficient (Wildman–Crippen LogP) is 6.60. The summed E-state index contributed by atoms with van der Waals surface area (Å²) in [4.78, 5) is 11.6. The van der Waals surface area contributed by atoms with Gasteiger partial charge < -0.3 is 9.94 Å². The first kappa shape index (κ1) is 30.2. The minimum atomic E-state index is -0.671. The van der Waals surface area contributed by atoms with Crippen molar-refractivity contribution < 1.29 is 18.7 Å². The van der Waals surface area contributed by atoms with Gasteiger partial charge in [0.15, 0.2) is 12.0 Å². The highest BCUT2D eigenvalue weighted by molar-refractivity contribution is 6.31. The molecule has 0 saturated heterocycles. The molecule has 3 heterocycles. The fourth-order valence-corrected chi connectivity index (χ4v) is 6.15. The highest BCUT2D eigenvalue weighted by atomic mass is 35.5. The van der Waals surface area contributed by atoms with E-state index in [9.17, 15) is 10.0 Å².